The van der Waals surface area contributed by atoms with Gasteiger partial charge in [-0.2, -0.15) is 0 Å². The van der Waals surface area contributed by atoms with Gasteiger partial charge in [-0.3, -0.25) is 9.52 Å². The highest BCUT2D eigenvalue weighted by molar-refractivity contribution is 14.1. The lowest BCUT2D eigenvalue weighted by Gasteiger charge is -2.10. The number of hydrogen-bond donors (Lipinski definition) is 2. The molecule has 0 unspecified atom stereocenters. The molecule has 0 heterocycles. The summed E-state index contributed by atoms with van der Waals surface area (Å²) in [5, 5.41) is 3.17. The molecule has 3 rings (SSSR count). The topological polar surface area (TPSA) is 75.3 Å². The Morgan fingerprint density at radius 2 is 1.56 bits per heavy atom. The Bertz CT molecular complexity index is 1070. The van der Waals surface area contributed by atoms with Crippen molar-refractivity contribution in [3.63, 3.8) is 0 Å². The first-order chi connectivity index (χ1) is 12.8. The van der Waals surface area contributed by atoms with Gasteiger partial charge in [-0.15, -0.1) is 0 Å². The minimum Gasteiger partial charge on any atom is -0.322 e. The van der Waals surface area contributed by atoms with E-state index in [0.717, 1.165) is 3.57 Å². The maximum absolute atomic E-state index is 12.5. The minimum absolute atomic E-state index is 0.0785. The van der Waals surface area contributed by atoms with Gasteiger partial charge in [0.2, 0.25) is 0 Å². The first kappa shape index (κ1) is 19.7. The first-order valence-corrected chi connectivity index (χ1v) is 10.7. The lowest BCUT2D eigenvalue weighted by Crippen LogP contribution is -2.14. The fourth-order valence-electron chi connectivity index (χ4n) is 2.29. The zero-order chi connectivity index (χ0) is 19.4. The van der Waals surface area contributed by atoms with E-state index < -0.39 is 10.0 Å². The summed E-state index contributed by atoms with van der Waals surface area (Å²) < 4.78 is 28.4. The molecule has 0 aromatic heterocycles. The van der Waals surface area contributed by atoms with Crippen LogP contribution in [-0.4, -0.2) is 14.3 Å². The third-order valence-electron chi connectivity index (χ3n) is 3.61. The van der Waals surface area contributed by atoms with Crippen molar-refractivity contribution in [2.24, 2.45) is 0 Å². The number of carbonyl (C=O) groups is 1. The maximum atomic E-state index is 12.5. The monoisotopic (exact) mass is 512 g/mol. The van der Waals surface area contributed by atoms with Crippen LogP contribution in [0.4, 0.5) is 11.4 Å². The first-order valence-electron chi connectivity index (χ1n) is 7.79. The molecular formula is C19H14ClIN2O3S. The van der Waals surface area contributed by atoms with Crippen LogP contribution in [0, 0.1) is 3.57 Å². The molecule has 0 saturated heterocycles. The van der Waals surface area contributed by atoms with Gasteiger partial charge >= 0.3 is 0 Å². The van der Waals surface area contributed by atoms with Crippen LogP contribution in [0.3, 0.4) is 0 Å². The molecule has 0 aliphatic heterocycles. The summed E-state index contributed by atoms with van der Waals surface area (Å²) in [6.45, 7) is 0. The second kappa shape index (κ2) is 8.28. The molecule has 3 aromatic rings. The Labute approximate surface area is 175 Å². The number of rotatable bonds is 5. The van der Waals surface area contributed by atoms with E-state index in [1.165, 1.54) is 30.3 Å². The molecular weight excluding hydrogens is 499 g/mol. The average molecular weight is 513 g/mol. The molecule has 0 saturated carbocycles. The summed E-state index contributed by atoms with van der Waals surface area (Å²) in [6.07, 6.45) is 0. The van der Waals surface area contributed by atoms with E-state index in [9.17, 15) is 13.2 Å². The van der Waals surface area contributed by atoms with Crippen LogP contribution in [-0.2, 0) is 10.0 Å². The Morgan fingerprint density at radius 3 is 2.19 bits per heavy atom. The largest absolute Gasteiger partial charge is 0.322 e. The highest BCUT2D eigenvalue weighted by atomic mass is 127. The molecule has 3 aromatic carbocycles. The van der Waals surface area contributed by atoms with Gasteiger partial charge in [-0.05, 0) is 89.3 Å². The SMILES string of the molecule is O=C(Nc1ccc(S(=O)(=O)Nc2cccc(Cl)c2)cc1)c1ccc(I)cc1. The van der Waals surface area contributed by atoms with Gasteiger partial charge in [-0.25, -0.2) is 8.42 Å². The predicted octanol–water partition coefficient (Wildman–Crippen LogP) is 5.00. The van der Waals surface area contributed by atoms with Crippen molar-refractivity contribution in [1.82, 2.24) is 0 Å². The highest BCUT2D eigenvalue weighted by Gasteiger charge is 2.15. The second-order valence-electron chi connectivity index (χ2n) is 5.60. The Kier molecular flexibility index (Phi) is 6.03. The Hall–Kier alpha value is -2.10. The van der Waals surface area contributed by atoms with E-state index in [1.807, 2.05) is 12.1 Å². The van der Waals surface area contributed by atoms with E-state index in [-0.39, 0.29) is 10.8 Å². The number of halogens is 2. The molecule has 0 fully saturated rings. The number of anilines is 2. The minimum atomic E-state index is -3.75. The number of carbonyl (C=O) groups excluding carboxylic acids is 1. The Morgan fingerprint density at radius 1 is 0.889 bits per heavy atom. The Balaban J connectivity index is 1.72. The van der Waals surface area contributed by atoms with Crippen LogP contribution in [0.15, 0.2) is 77.7 Å². The molecule has 0 spiro atoms. The number of amides is 1. The van der Waals surface area contributed by atoms with Crippen molar-refractivity contribution in [3.8, 4) is 0 Å². The average Bonchev–Trinajstić information content (AvgIpc) is 2.62. The summed E-state index contributed by atoms with van der Waals surface area (Å²) in [7, 11) is -3.75. The molecule has 27 heavy (non-hydrogen) atoms. The van der Waals surface area contributed by atoms with Gasteiger partial charge in [-0.1, -0.05) is 17.7 Å². The number of benzene rings is 3. The summed E-state index contributed by atoms with van der Waals surface area (Å²) in [6, 6.07) is 19.5. The van der Waals surface area contributed by atoms with Crippen LogP contribution >= 0.6 is 34.2 Å². The van der Waals surface area contributed by atoms with Gasteiger partial charge in [0.1, 0.15) is 0 Å². The highest BCUT2D eigenvalue weighted by Crippen LogP contribution is 2.21. The zero-order valence-corrected chi connectivity index (χ0v) is 17.5. The van der Waals surface area contributed by atoms with Crippen LogP contribution in [0.1, 0.15) is 10.4 Å². The van der Waals surface area contributed by atoms with E-state index in [4.69, 9.17) is 11.6 Å². The van der Waals surface area contributed by atoms with Gasteiger partial charge in [0, 0.05) is 19.8 Å². The standard InChI is InChI=1S/C19H14ClIN2O3S/c20-14-2-1-3-17(12-14)23-27(25,26)18-10-8-16(9-11-18)22-19(24)13-4-6-15(21)7-5-13/h1-12,23H,(H,22,24). The lowest BCUT2D eigenvalue weighted by molar-refractivity contribution is 0.102. The molecule has 2 N–H and O–H groups in total. The third kappa shape index (κ3) is 5.21. The van der Waals surface area contributed by atoms with Crippen LogP contribution in [0.25, 0.3) is 0 Å². The summed E-state index contributed by atoms with van der Waals surface area (Å²) >= 11 is 8.03. The van der Waals surface area contributed by atoms with Crippen LogP contribution in [0.2, 0.25) is 5.02 Å². The number of nitrogens with one attached hydrogen (secondary N) is 2. The summed E-state index contributed by atoms with van der Waals surface area (Å²) in [4.78, 5) is 12.3. The fraction of sp³-hybridized carbons (Fsp3) is 0. The van der Waals surface area contributed by atoms with Gasteiger partial charge in [0.25, 0.3) is 15.9 Å². The van der Waals surface area contributed by atoms with E-state index >= 15 is 0 Å². The van der Waals surface area contributed by atoms with Gasteiger partial charge in [0.05, 0.1) is 10.6 Å². The lowest BCUT2D eigenvalue weighted by atomic mass is 10.2. The third-order valence-corrected chi connectivity index (χ3v) is 5.96. The maximum Gasteiger partial charge on any atom is 0.261 e. The smallest absolute Gasteiger partial charge is 0.261 e. The van der Waals surface area contributed by atoms with Crippen molar-refractivity contribution in [3.05, 3.63) is 87.0 Å². The number of hydrogen-bond acceptors (Lipinski definition) is 3. The molecule has 0 radical (unpaired) electrons. The zero-order valence-electron chi connectivity index (χ0n) is 13.8. The summed E-state index contributed by atoms with van der Waals surface area (Å²) in [5.74, 6) is -0.265. The molecule has 0 aliphatic carbocycles. The predicted molar refractivity (Wildman–Crippen MR) is 116 cm³/mol. The molecule has 0 bridgehead atoms. The quantitative estimate of drug-likeness (QED) is 0.473. The molecule has 0 atom stereocenters. The number of sulfonamides is 1. The van der Waals surface area contributed by atoms with Crippen LogP contribution in [0.5, 0.6) is 0 Å². The van der Waals surface area contributed by atoms with E-state index in [2.05, 4.69) is 32.6 Å². The van der Waals surface area contributed by atoms with E-state index in [1.54, 1.807) is 30.3 Å². The molecule has 8 heteroatoms. The fourth-order valence-corrected chi connectivity index (χ4v) is 3.89. The van der Waals surface area contributed by atoms with E-state index in [0.29, 0.717) is 22.0 Å². The van der Waals surface area contributed by atoms with Crippen molar-refractivity contribution in [2.45, 2.75) is 4.90 Å². The molecule has 5 nitrogen and oxygen atoms in total. The van der Waals surface area contributed by atoms with Gasteiger partial charge < -0.3 is 5.32 Å². The van der Waals surface area contributed by atoms with Crippen molar-refractivity contribution in [1.29, 1.82) is 0 Å². The second-order valence-corrected chi connectivity index (χ2v) is 8.97. The summed E-state index contributed by atoms with van der Waals surface area (Å²) in [5.41, 5.74) is 1.40. The van der Waals surface area contributed by atoms with Crippen LogP contribution < -0.4 is 10.0 Å². The van der Waals surface area contributed by atoms with Crippen molar-refractivity contribution >= 4 is 61.5 Å². The van der Waals surface area contributed by atoms with Gasteiger partial charge in [0.15, 0.2) is 0 Å². The van der Waals surface area contributed by atoms with Crippen molar-refractivity contribution in [2.75, 3.05) is 10.0 Å². The molecule has 1 amide bonds. The van der Waals surface area contributed by atoms with Crippen molar-refractivity contribution < 1.29 is 13.2 Å². The molecule has 0 aliphatic rings. The molecule has 138 valence electrons. The normalized spacial score (nSPS) is 11.0.